The van der Waals surface area contributed by atoms with Crippen molar-refractivity contribution in [3.8, 4) is 5.75 Å². The average Bonchev–Trinajstić information content (AvgIpc) is 2.77. The highest BCUT2D eigenvalue weighted by Gasteiger charge is 2.10. The number of nitrogens with zero attached hydrogens (tertiary/aromatic N) is 1. The Morgan fingerprint density at radius 3 is 2.42 bits per heavy atom. The predicted octanol–water partition coefficient (Wildman–Crippen LogP) is 5.08. The van der Waals surface area contributed by atoms with Crippen LogP contribution in [0, 0.1) is 6.92 Å². The number of ether oxygens (including phenoxy) is 1. The molecule has 3 aromatic carbocycles. The summed E-state index contributed by atoms with van der Waals surface area (Å²) in [5, 5.41) is 7.79. The molecule has 158 valence electrons. The number of nitrogens with one attached hydrogen (secondary N) is 2. The van der Waals surface area contributed by atoms with Gasteiger partial charge >= 0.3 is 0 Å². The van der Waals surface area contributed by atoms with Crippen LogP contribution in [0.3, 0.4) is 0 Å². The molecule has 2 N–H and O–H groups in total. The number of rotatable bonds is 7. The average molecular weight is 456 g/mol. The van der Waals surface area contributed by atoms with Crippen LogP contribution < -0.4 is 15.5 Å². The molecule has 0 saturated heterocycles. The van der Waals surface area contributed by atoms with E-state index in [2.05, 4.69) is 15.8 Å². The van der Waals surface area contributed by atoms with Gasteiger partial charge in [-0.2, -0.15) is 5.10 Å². The fourth-order valence-corrected chi connectivity index (χ4v) is 2.93. The van der Waals surface area contributed by atoms with Gasteiger partial charge in [0.05, 0.1) is 6.21 Å². The predicted molar refractivity (Wildman–Crippen MR) is 123 cm³/mol. The highest BCUT2D eigenvalue weighted by molar-refractivity contribution is 6.33. The first kappa shape index (κ1) is 22.3. The summed E-state index contributed by atoms with van der Waals surface area (Å²) in [6, 6.07) is 18.9. The van der Waals surface area contributed by atoms with E-state index in [1.54, 1.807) is 60.7 Å². The quantitative estimate of drug-likeness (QED) is 0.384. The molecule has 31 heavy (non-hydrogen) atoms. The van der Waals surface area contributed by atoms with Crippen molar-refractivity contribution in [3.05, 3.63) is 93.5 Å². The molecule has 2 amide bonds. The summed E-state index contributed by atoms with van der Waals surface area (Å²) in [5.41, 5.74) is 4.94. The second-order valence-electron chi connectivity index (χ2n) is 6.49. The number of hydrogen-bond acceptors (Lipinski definition) is 4. The summed E-state index contributed by atoms with van der Waals surface area (Å²) in [5.74, 6) is -0.258. The number of halogens is 2. The number of benzene rings is 3. The molecule has 0 radical (unpaired) electrons. The van der Waals surface area contributed by atoms with E-state index >= 15 is 0 Å². The van der Waals surface area contributed by atoms with Crippen LogP contribution >= 0.6 is 23.2 Å². The van der Waals surface area contributed by atoms with Gasteiger partial charge in [0.1, 0.15) is 5.75 Å². The first-order chi connectivity index (χ1) is 14.9. The fourth-order valence-electron chi connectivity index (χ4n) is 2.57. The number of carbonyl (C=O) groups excluding carboxylic acids is 2. The molecule has 0 heterocycles. The van der Waals surface area contributed by atoms with Gasteiger partial charge < -0.3 is 10.1 Å². The van der Waals surface area contributed by atoms with Crippen molar-refractivity contribution in [3.63, 3.8) is 0 Å². The summed E-state index contributed by atoms with van der Waals surface area (Å²) in [6.45, 7) is 1.60. The van der Waals surface area contributed by atoms with Crippen molar-refractivity contribution in [2.75, 3.05) is 11.9 Å². The summed E-state index contributed by atoms with van der Waals surface area (Å²) in [7, 11) is 0. The second kappa shape index (κ2) is 10.6. The molecule has 0 fully saturated rings. The zero-order chi connectivity index (χ0) is 22.2. The van der Waals surface area contributed by atoms with Crippen molar-refractivity contribution in [1.29, 1.82) is 0 Å². The SMILES string of the molecule is Cc1c(Cl)cccc1NC(=O)c1ccc(OCC(=O)N/N=C\c2ccccc2Cl)cc1. The summed E-state index contributed by atoms with van der Waals surface area (Å²) in [4.78, 5) is 24.3. The van der Waals surface area contributed by atoms with Crippen LogP contribution in [0.25, 0.3) is 0 Å². The third-order valence-electron chi connectivity index (χ3n) is 4.30. The molecule has 0 aromatic heterocycles. The smallest absolute Gasteiger partial charge is 0.277 e. The van der Waals surface area contributed by atoms with Crippen molar-refractivity contribution in [1.82, 2.24) is 5.43 Å². The minimum atomic E-state index is -0.429. The molecule has 0 aliphatic carbocycles. The molecule has 0 aliphatic rings. The van der Waals surface area contributed by atoms with Crippen molar-refractivity contribution in [2.45, 2.75) is 6.92 Å². The molecule has 3 aromatic rings. The second-order valence-corrected chi connectivity index (χ2v) is 7.31. The molecular weight excluding hydrogens is 437 g/mol. The van der Waals surface area contributed by atoms with Crippen molar-refractivity contribution >= 4 is 46.9 Å². The molecule has 0 saturated carbocycles. The van der Waals surface area contributed by atoms with Gasteiger partial charge in [0, 0.05) is 26.9 Å². The van der Waals surface area contributed by atoms with Crippen LogP contribution in [-0.2, 0) is 4.79 Å². The van der Waals surface area contributed by atoms with E-state index in [9.17, 15) is 9.59 Å². The third-order valence-corrected chi connectivity index (χ3v) is 5.05. The molecule has 8 heteroatoms. The fraction of sp³-hybridized carbons (Fsp3) is 0.0870. The van der Waals surface area contributed by atoms with E-state index in [-0.39, 0.29) is 12.5 Å². The number of carbonyl (C=O) groups is 2. The Labute approximate surface area is 189 Å². The van der Waals surface area contributed by atoms with Crippen LogP contribution in [0.1, 0.15) is 21.5 Å². The lowest BCUT2D eigenvalue weighted by Crippen LogP contribution is -2.24. The largest absolute Gasteiger partial charge is 0.484 e. The Balaban J connectivity index is 1.50. The first-order valence-corrected chi connectivity index (χ1v) is 10.1. The summed E-state index contributed by atoms with van der Waals surface area (Å²) >= 11 is 12.1. The number of anilines is 1. The number of hydrogen-bond donors (Lipinski definition) is 2. The molecule has 0 unspecified atom stereocenters. The van der Waals surface area contributed by atoms with Crippen molar-refractivity contribution in [2.24, 2.45) is 5.10 Å². The molecule has 0 bridgehead atoms. The molecule has 0 atom stereocenters. The topological polar surface area (TPSA) is 79.8 Å². The van der Waals surface area contributed by atoms with Gasteiger partial charge in [-0.25, -0.2) is 5.43 Å². The molecular formula is C23H19Cl2N3O3. The Morgan fingerprint density at radius 1 is 0.968 bits per heavy atom. The minimum Gasteiger partial charge on any atom is -0.484 e. The maximum absolute atomic E-state index is 12.4. The van der Waals surface area contributed by atoms with Crippen LogP contribution in [-0.4, -0.2) is 24.6 Å². The highest BCUT2D eigenvalue weighted by atomic mass is 35.5. The van der Waals surface area contributed by atoms with Gasteiger partial charge in [0.15, 0.2) is 6.61 Å². The third kappa shape index (κ3) is 6.31. The Bertz CT molecular complexity index is 1120. The van der Waals surface area contributed by atoms with Gasteiger partial charge in [-0.05, 0) is 55.0 Å². The molecule has 6 nitrogen and oxygen atoms in total. The lowest BCUT2D eigenvalue weighted by atomic mass is 10.1. The van der Waals surface area contributed by atoms with Crippen LogP contribution in [0.5, 0.6) is 5.75 Å². The van der Waals surface area contributed by atoms with Gasteiger partial charge in [0.25, 0.3) is 11.8 Å². The van der Waals surface area contributed by atoms with E-state index < -0.39 is 5.91 Å². The van der Waals surface area contributed by atoms with E-state index in [1.807, 2.05) is 13.0 Å². The van der Waals surface area contributed by atoms with Gasteiger partial charge in [-0.3, -0.25) is 9.59 Å². The van der Waals surface area contributed by atoms with Crippen LogP contribution in [0.4, 0.5) is 5.69 Å². The van der Waals surface area contributed by atoms with E-state index in [0.29, 0.717) is 32.6 Å². The number of hydrazone groups is 1. The Morgan fingerprint density at radius 2 is 1.68 bits per heavy atom. The lowest BCUT2D eigenvalue weighted by molar-refractivity contribution is -0.123. The lowest BCUT2D eigenvalue weighted by Gasteiger charge is -2.10. The standard InChI is InChI=1S/C23H19Cl2N3O3/c1-15-19(24)7-4-8-21(15)27-23(30)16-9-11-18(12-10-16)31-14-22(29)28-26-13-17-5-2-3-6-20(17)25/h2-13H,14H2,1H3,(H,27,30)(H,28,29)/b26-13-. The maximum atomic E-state index is 12.4. The zero-order valence-corrected chi connectivity index (χ0v) is 18.1. The van der Waals surface area contributed by atoms with E-state index in [0.717, 1.165) is 5.56 Å². The van der Waals surface area contributed by atoms with Gasteiger partial charge in [0.2, 0.25) is 0 Å². The van der Waals surface area contributed by atoms with E-state index in [4.69, 9.17) is 27.9 Å². The Hall–Kier alpha value is -3.35. The molecule has 0 spiro atoms. The minimum absolute atomic E-state index is 0.229. The monoisotopic (exact) mass is 455 g/mol. The summed E-state index contributed by atoms with van der Waals surface area (Å²) < 4.78 is 5.42. The normalized spacial score (nSPS) is 10.7. The number of amides is 2. The molecule has 0 aliphatic heterocycles. The maximum Gasteiger partial charge on any atom is 0.277 e. The Kier molecular flexibility index (Phi) is 7.65. The zero-order valence-electron chi connectivity index (χ0n) is 16.6. The van der Waals surface area contributed by atoms with E-state index in [1.165, 1.54) is 6.21 Å². The van der Waals surface area contributed by atoms with Crippen LogP contribution in [0.15, 0.2) is 71.8 Å². The van der Waals surface area contributed by atoms with Gasteiger partial charge in [-0.1, -0.05) is 47.5 Å². The van der Waals surface area contributed by atoms with Crippen molar-refractivity contribution < 1.29 is 14.3 Å². The summed E-state index contributed by atoms with van der Waals surface area (Å²) in [6.07, 6.45) is 1.45. The van der Waals surface area contributed by atoms with Crippen LogP contribution in [0.2, 0.25) is 10.0 Å². The molecule has 3 rings (SSSR count). The first-order valence-electron chi connectivity index (χ1n) is 9.30. The highest BCUT2D eigenvalue weighted by Crippen LogP contribution is 2.23. The van der Waals surface area contributed by atoms with Gasteiger partial charge in [-0.15, -0.1) is 0 Å².